The number of aromatic nitrogens is 3. The Morgan fingerprint density at radius 3 is 2.29 bits per heavy atom. The number of hydrogen-bond donors (Lipinski definition) is 0. The van der Waals surface area contributed by atoms with E-state index in [1.807, 2.05) is 83.4 Å². The molecule has 4 rings (SSSR count). The van der Waals surface area contributed by atoms with Crippen molar-refractivity contribution < 1.29 is 14.3 Å². The third kappa shape index (κ3) is 4.46. The molecule has 1 heterocycles. The van der Waals surface area contributed by atoms with E-state index in [9.17, 15) is 4.79 Å². The molecule has 6 nitrogen and oxygen atoms in total. The summed E-state index contributed by atoms with van der Waals surface area (Å²) in [4.78, 5) is 12.6. The van der Waals surface area contributed by atoms with Gasteiger partial charge in [-0.2, -0.15) is 0 Å². The second kappa shape index (κ2) is 9.49. The van der Waals surface area contributed by atoms with E-state index in [0.29, 0.717) is 22.3 Å². The number of thioether (sulfide) groups is 1. The zero-order chi connectivity index (χ0) is 21.6. The Hall–Kier alpha value is -3.58. The molecule has 0 fully saturated rings. The van der Waals surface area contributed by atoms with Gasteiger partial charge in [-0.05, 0) is 36.4 Å². The molecule has 31 heavy (non-hydrogen) atoms. The van der Waals surface area contributed by atoms with Crippen LogP contribution in [-0.2, 0) is 0 Å². The summed E-state index contributed by atoms with van der Waals surface area (Å²) in [7, 11) is 3.26. The number of carbonyl (C=O) groups excluding carboxylic acids is 1. The van der Waals surface area contributed by atoms with Crippen molar-refractivity contribution in [1.29, 1.82) is 0 Å². The lowest BCUT2D eigenvalue weighted by Gasteiger charge is -2.13. The monoisotopic (exact) mass is 431 g/mol. The highest BCUT2D eigenvalue weighted by Crippen LogP contribution is 2.33. The molecule has 0 aliphatic carbocycles. The minimum absolute atomic E-state index is 0.0359. The fourth-order valence-corrected chi connectivity index (χ4v) is 4.02. The third-order valence-corrected chi connectivity index (χ3v) is 5.67. The van der Waals surface area contributed by atoms with E-state index in [4.69, 9.17) is 9.47 Å². The summed E-state index contributed by atoms with van der Waals surface area (Å²) in [5.41, 5.74) is 2.35. The standard InChI is InChI=1S/C24H21N3O3S/c1-29-19-14-12-18(13-15-19)27-23(20-10-6-7-11-22(20)30-2)25-26-24(27)31-16-21(28)17-8-4-3-5-9-17/h3-15H,16H2,1-2H3. The van der Waals surface area contributed by atoms with Crippen molar-refractivity contribution in [1.82, 2.24) is 14.8 Å². The minimum Gasteiger partial charge on any atom is -0.497 e. The van der Waals surface area contributed by atoms with E-state index in [0.717, 1.165) is 17.0 Å². The van der Waals surface area contributed by atoms with Crippen molar-refractivity contribution >= 4 is 17.5 Å². The van der Waals surface area contributed by atoms with Crippen molar-refractivity contribution in [3.05, 3.63) is 84.4 Å². The normalized spacial score (nSPS) is 10.6. The molecule has 4 aromatic rings. The molecule has 156 valence electrons. The van der Waals surface area contributed by atoms with Gasteiger partial charge >= 0.3 is 0 Å². The Balaban J connectivity index is 1.73. The van der Waals surface area contributed by atoms with Gasteiger partial charge in [0.25, 0.3) is 0 Å². The maximum absolute atomic E-state index is 12.6. The first-order chi connectivity index (χ1) is 15.2. The molecule has 3 aromatic carbocycles. The predicted octanol–water partition coefficient (Wildman–Crippen LogP) is 4.93. The van der Waals surface area contributed by atoms with Crippen LogP contribution in [0.1, 0.15) is 10.4 Å². The Morgan fingerprint density at radius 1 is 0.871 bits per heavy atom. The van der Waals surface area contributed by atoms with Crippen LogP contribution in [-0.4, -0.2) is 40.5 Å². The molecule has 7 heteroatoms. The molecular formula is C24H21N3O3S. The average Bonchev–Trinajstić information content (AvgIpc) is 3.26. The predicted molar refractivity (Wildman–Crippen MR) is 121 cm³/mol. The fourth-order valence-electron chi connectivity index (χ4n) is 3.17. The van der Waals surface area contributed by atoms with Gasteiger partial charge in [-0.3, -0.25) is 9.36 Å². The van der Waals surface area contributed by atoms with Gasteiger partial charge in [-0.15, -0.1) is 10.2 Å². The zero-order valence-electron chi connectivity index (χ0n) is 17.2. The molecule has 0 atom stereocenters. The first-order valence-corrected chi connectivity index (χ1v) is 10.6. The van der Waals surface area contributed by atoms with Crippen molar-refractivity contribution in [2.24, 2.45) is 0 Å². The van der Waals surface area contributed by atoms with Gasteiger partial charge in [0, 0.05) is 5.56 Å². The minimum atomic E-state index is 0.0359. The van der Waals surface area contributed by atoms with Gasteiger partial charge in [-0.1, -0.05) is 54.2 Å². The van der Waals surface area contributed by atoms with Crippen molar-refractivity contribution in [2.45, 2.75) is 5.16 Å². The highest BCUT2D eigenvalue weighted by molar-refractivity contribution is 7.99. The van der Waals surface area contributed by atoms with E-state index in [2.05, 4.69) is 10.2 Å². The molecule has 0 unspecified atom stereocenters. The molecule has 1 aromatic heterocycles. The van der Waals surface area contributed by atoms with Crippen LogP contribution in [0.2, 0.25) is 0 Å². The summed E-state index contributed by atoms with van der Waals surface area (Å²) in [6.45, 7) is 0. The van der Waals surface area contributed by atoms with Gasteiger partial charge in [0.2, 0.25) is 0 Å². The number of Topliss-reactive ketones (excluding diaryl/α,β-unsaturated/α-hetero) is 1. The second-order valence-electron chi connectivity index (χ2n) is 6.62. The number of hydrogen-bond acceptors (Lipinski definition) is 6. The smallest absolute Gasteiger partial charge is 0.196 e. The number of ketones is 1. The molecule has 0 saturated carbocycles. The molecule has 0 radical (unpaired) electrons. The molecule has 0 spiro atoms. The van der Waals surface area contributed by atoms with Gasteiger partial charge < -0.3 is 9.47 Å². The van der Waals surface area contributed by atoms with Crippen LogP contribution in [0.15, 0.2) is 84.0 Å². The summed E-state index contributed by atoms with van der Waals surface area (Å²) < 4.78 is 12.7. The zero-order valence-corrected chi connectivity index (χ0v) is 18.0. The number of para-hydroxylation sites is 1. The summed E-state index contributed by atoms with van der Waals surface area (Å²) in [6, 6.07) is 24.5. The van der Waals surface area contributed by atoms with E-state index in [1.165, 1.54) is 11.8 Å². The van der Waals surface area contributed by atoms with Gasteiger partial charge in [0.15, 0.2) is 16.8 Å². The summed E-state index contributed by atoms with van der Waals surface area (Å²) in [5, 5.41) is 9.44. The molecule has 0 amide bonds. The quantitative estimate of drug-likeness (QED) is 0.291. The molecule has 0 N–H and O–H groups in total. The van der Waals surface area contributed by atoms with E-state index >= 15 is 0 Å². The topological polar surface area (TPSA) is 66.2 Å². The number of nitrogens with zero attached hydrogens (tertiary/aromatic N) is 3. The summed E-state index contributed by atoms with van der Waals surface area (Å²) in [5.74, 6) is 2.38. The first-order valence-electron chi connectivity index (χ1n) is 9.65. The maximum Gasteiger partial charge on any atom is 0.196 e. The number of benzene rings is 3. The van der Waals surface area contributed by atoms with Crippen molar-refractivity contribution in [2.75, 3.05) is 20.0 Å². The fraction of sp³-hybridized carbons (Fsp3) is 0.125. The lowest BCUT2D eigenvalue weighted by atomic mass is 10.2. The van der Waals surface area contributed by atoms with E-state index < -0.39 is 0 Å². The maximum atomic E-state index is 12.6. The molecule has 0 aliphatic heterocycles. The van der Waals surface area contributed by atoms with Gasteiger partial charge in [0.1, 0.15) is 11.5 Å². The Bertz CT molecular complexity index is 1170. The number of carbonyl (C=O) groups is 1. The van der Waals surface area contributed by atoms with E-state index in [1.54, 1.807) is 14.2 Å². The van der Waals surface area contributed by atoms with Crippen LogP contribution in [0.4, 0.5) is 0 Å². The summed E-state index contributed by atoms with van der Waals surface area (Å²) in [6.07, 6.45) is 0. The lowest BCUT2D eigenvalue weighted by Crippen LogP contribution is -2.05. The number of methoxy groups -OCH3 is 2. The third-order valence-electron chi connectivity index (χ3n) is 4.74. The molecule has 0 aliphatic rings. The molecule has 0 saturated heterocycles. The molecule has 0 bridgehead atoms. The van der Waals surface area contributed by atoms with Crippen LogP contribution in [0.3, 0.4) is 0 Å². The van der Waals surface area contributed by atoms with E-state index in [-0.39, 0.29) is 11.5 Å². The largest absolute Gasteiger partial charge is 0.497 e. The van der Waals surface area contributed by atoms with Crippen LogP contribution in [0.5, 0.6) is 11.5 Å². The summed E-state index contributed by atoms with van der Waals surface area (Å²) >= 11 is 1.35. The van der Waals surface area contributed by atoms with Crippen LogP contribution >= 0.6 is 11.8 Å². The Labute approximate surface area is 184 Å². The van der Waals surface area contributed by atoms with Gasteiger partial charge in [-0.25, -0.2) is 0 Å². The molecular weight excluding hydrogens is 410 g/mol. The van der Waals surface area contributed by atoms with Crippen molar-refractivity contribution in [3.63, 3.8) is 0 Å². The van der Waals surface area contributed by atoms with Crippen molar-refractivity contribution in [3.8, 4) is 28.6 Å². The average molecular weight is 432 g/mol. The Kier molecular flexibility index (Phi) is 6.33. The van der Waals surface area contributed by atoms with Crippen LogP contribution < -0.4 is 9.47 Å². The SMILES string of the molecule is COc1ccc(-n2c(SCC(=O)c3ccccc3)nnc2-c2ccccc2OC)cc1. The van der Waals surface area contributed by atoms with Crippen LogP contribution in [0, 0.1) is 0 Å². The van der Waals surface area contributed by atoms with Crippen LogP contribution in [0.25, 0.3) is 17.1 Å². The Morgan fingerprint density at radius 2 is 1.58 bits per heavy atom. The number of ether oxygens (including phenoxy) is 2. The first kappa shape index (κ1) is 20.7. The number of rotatable bonds is 8. The van der Waals surface area contributed by atoms with Gasteiger partial charge in [0.05, 0.1) is 31.2 Å². The second-order valence-corrected chi connectivity index (χ2v) is 7.56. The lowest BCUT2D eigenvalue weighted by molar-refractivity contribution is 0.102. The highest BCUT2D eigenvalue weighted by Gasteiger charge is 2.20. The highest BCUT2D eigenvalue weighted by atomic mass is 32.2.